The van der Waals surface area contributed by atoms with Gasteiger partial charge in [0.05, 0.1) is 16.7 Å². The zero-order chi connectivity index (χ0) is 22.8. The number of rotatable bonds is 7. The highest BCUT2D eigenvalue weighted by Gasteiger charge is 2.25. The van der Waals surface area contributed by atoms with Crippen molar-refractivity contribution in [3.8, 4) is 0 Å². The number of carbonyl (C=O) groups is 1. The normalized spacial score (nSPS) is 16.7. The summed E-state index contributed by atoms with van der Waals surface area (Å²) in [4.78, 5) is 12.9. The van der Waals surface area contributed by atoms with Crippen molar-refractivity contribution in [3.05, 3.63) is 70.1 Å². The maximum atomic E-state index is 13.1. The summed E-state index contributed by atoms with van der Waals surface area (Å²) in [5.41, 5.74) is 8.05. The molecule has 30 heavy (non-hydrogen) atoms. The molecule has 0 bridgehead atoms. The summed E-state index contributed by atoms with van der Waals surface area (Å²) in [5.74, 6) is -0.622. The van der Waals surface area contributed by atoms with Gasteiger partial charge in [0, 0.05) is 42.4 Å². The van der Waals surface area contributed by atoms with E-state index in [4.69, 9.17) is 33.7 Å². The minimum absolute atomic E-state index is 0.0597. The first-order valence-corrected chi connectivity index (χ1v) is 10.3. The molecule has 0 radical (unpaired) electrons. The van der Waals surface area contributed by atoms with Gasteiger partial charge in [-0.15, -0.1) is 0 Å². The van der Waals surface area contributed by atoms with E-state index in [1.807, 2.05) is 25.4 Å². The third-order valence-electron chi connectivity index (χ3n) is 4.65. The van der Waals surface area contributed by atoms with Crippen LogP contribution in [-0.4, -0.2) is 37.5 Å². The van der Waals surface area contributed by atoms with Gasteiger partial charge < -0.3 is 15.4 Å². The van der Waals surface area contributed by atoms with Crippen LogP contribution in [0.2, 0.25) is 0 Å². The summed E-state index contributed by atoms with van der Waals surface area (Å²) in [6.45, 7) is 12.0. The third-order valence-corrected chi connectivity index (χ3v) is 5.36. The Morgan fingerprint density at radius 1 is 1.33 bits per heavy atom. The molecule has 1 aromatic rings. The molecule has 4 nitrogen and oxygen atoms in total. The maximum absolute atomic E-state index is 13.1. The number of halogens is 3. The van der Waals surface area contributed by atoms with Crippen LogP contribution >= 0.6 is 23.2 Å². The molecule has 1 aliphatic rings. The van der Waals surface area contributed by atoms with Crippen LogP contribution in [0.15, 0.2) is 59.0 Å². The molecule has 1 atom stereocenters. The van der Waals surface area contributed by atoms with E-state index < -0.39 is 5.83 Å². The smallest absolute Gasteiger partial charge is 0.150 e. The summed E-state index contributed by atoms with van der Waals surface area (Å²) < 4.78 is 18.3. The monoisotopic (exact) mass is 454 g/mol. The molecule has 2 N–H and O–H groups in total. The van der Waals surface area contributed by atoms with E-state index in [0.29, 0.717) is 36.1 Å². The molecule has 1 aromatic carbocycles. The van der Waals surface area contributed by atoms with Gasteiger partial charge in [-0.3, -0.25) is 4.79 Å². The van der Waals surface area contributed by atoms with Gasteiger partial charge in [-0.2, -0.15) is 0 Å². The van der Waals surface area contributed by atoms with Gasteiger partial charge in [-0.25, -0.2) is 4.39 Å². The standard InChI is InChI=1S/C13H18N2O.C10H11Cl2FO/c1-10(2)15(3)7-6-11-4-5-13(14)8-12(11)9-16;1-6(11)10(12)9(7(2)13)8-3-4-14-5-8/h4-10H,14H2,1-3H3;8H,1-5H2/b7-6-;10-9-. The van der Waals surface area contributed by atoms with Gasteiger partial charge in [-0.1, -0.05) is 42.4 Å². The minimum Gasteiger partial charge on any atom is -0.399 e. The summed E-state index contributed by atoms with van der Waals surface area (Å²) >= 11 is 11.5. The molecule has 0 aliphatic carbocycles. The Morgan fingerprint density at radius 2 is 2.00 bits per heavy atom. The van der Waals surface area contributed by atoms with Crippen LogP contribution in [0, 0.1) is 5.92 Å². The zero-order valence-electron chi connectivity index (χ0n) is 17.6. The maximum Gasteiger partial charge on any atom is 0.150 e. The fourth-order valence-corrected chi connectivity index (χ4v) is 3.00. The first-order valence-electron chi connectivity index (χ1n) is 9.50. The van der Waals surface area contributed by atoms with Gasteiger partial charge >= 0.3 is 0 Å². The lowest BCUT2D eigenvalue weighted by Gasteiger charge is -2.18. The Labute approximate surface area is 188 Å². The quantitative estimate of drug-likeness (QED) is 0.305. The second-order valence-corrected chi connectivity index (χ2v) is 8.01. The van der Waals surface area contributed by atoms with Gasteiger partial charge in [0.25, 0.3) is 0 Å². The summed E-state index contributed by atoms with van der Waals surface area (Å²) in [6.07, 6.45) is 5.44. The number of anilines is 1. The number of allylic oxidation sites excluding steroid dienone is 3. The van der Waals surface area contributed by atoms with Crippen LogP contribution in [0.5, 0.6) is 0 Å². The van der Waals surface area contributed by atoms with Crippen LogP contribution in [0.1, 0.15) is 36.2 Å². The molecule has 1 heterocycles. The predicted octanol–water partition coefficient (Wildman–Crippen LogP) is 6.14. The lowest BCUT2D eigenvalue weighted by atomic mass is 9.97. The SMILES string of the molecule is C=C(Cl)/C(Cl)=C(\C(=C)F)C1CCOC1.CC(C)N(C)/C=C\c1ccc(N)cc1C=O. The Morgan fingerprint density at radius 3 is 2.47 bits per heavy atom. The lowest BCUT2D eigenvalue weighted by Crippen LogP contribution is -2.19. The Balaban J connectivity index is 0.000000303. The topological polar surface area (TPSA) is 55.6 Å². The van der Waals surface area contributed by atoms with Crippen molar-refractivity contribution in [2.24, 2.45) is 5.92 Å². The number of hydrogen-bond donors (Lipinski definition) is 1. The molecule has 0 amide bonds. The Bertz CT molecular complexity index is 828. The van der Waals surface area contributed by atoms with Crippen LogP contribution in [0.3, 0.4) is 0 Å². The number of hydrogen-bond acceptors (Lipinski definition) is 4. The van der Waals surface area contributed by atoms with Crippen molar-refractivity contribution < 1.29 is 13.9 Å². The van der Waals surface area contributed by atoms with Crippen LogP contribution in [-0.2, 0) is 4.74 Å². The van der Waals surface area contributed by atoms with E-state index in [-0.39, 0.29) is 16.0 Å². The summed E-state index contributed by atoms with van der Waals surface area (Å²) in [6, 6.07) is 5.76. The number of carbonyl (C=O) groups excluding carboxylic acids is 1. The highest BCUT2D eigenvalue weighted by Crippen LogP contribution is 2.34. The van der Waals surface area contributed by atoms with Gasteiger partial charge in [0.2, 0.25) is 0 Å². The van der Waals surface area contributed by atoms with E-state index in [1.54, 1.807) is 12.1 Å². The van der Waals surface area contributed by atoms with Crippen molar-refractivity contribution in [2.45, 2.75) is 26.3 Å². The molecular formula is C23H29Cl2FN2O2. The van der Waals surface area contributed by atoms with E-state index in [2.05, 4.69) is 31.9 Å². The number of nitrogens with zero attached hydrogens (tertiary/aromatic N) is 1. The molecule has 0 aromatic heterocycles. The van der Waals surface area contributed by atoms with E-state index in [1.165, 1.54) is 0 Å². The van der Waals surface area contributed by atoms with Crippen molar-refractivity contribution in [2.75, 3.05) is 26.0 Å². The average molecular weight is 455 g/mol. The molecule has 1 fully saturated rings. The zero-order valence-corrected chi connectivity index (χ0v) is 19.1. The molecule has 1 saturated heterocycles. The molecule has 1 aliphatic heterocycles. The highest BCUT2D eigenvalue weighted by atomic mass is 35.5. The van der Waals surface area contributed by atoms with Crippen LogP contribution in [0.4, 0.5) is 10.1 Å². The first-order chi connectivity index (χ1) is 14.1. The fraction of sp³-hybridized carbons (Fsp3) is 0.348. The predicted molar refractivity (Wildman–Crippen MR) is 125 cm³/mol. The average Bonchev–Trinajstić information content (AvgIpc) is 3.20. The number of nitrogens with two attached hydrogens (primary N) is 1. The van der Waals surface area contributed by atoms with Crippen LogP contribution < -0.4 is 5.73 Å². The third kappa shape index (κ3) is 7.98. The summed E-state index contributed by atoms with van der Waals surface area (Å²) in [7, 11) is 2.00. The molecule has 0 saturated carbocycles. The first kappa shape index (κ1) is 26.0. The van der Waals surface area contributed by atoms with Crippen molar-refractivity contribution >= 4 is 41.3 Å². The van der Waals surface area contributed by atoms with Crippen molar-refractivity contribution in [1.29, 1.82) is 0 Å². The number of aldehydes is 1. The van der Waals surface area contributed by atoms with E-state index in [9.17, 15) is 9.18 Å². The highest BCUT2D eigenvalue weighted by molar-refractivity contribution is 6.44. The molecule has 2 rings (SSSR count). The number of benzene rings is 1. The van der Waals surface area contributed by atoms with E-state index >= 15 is 0 Å². The molecule has 0 spiro atoms. The molecular weight excluding hydrogens is 426 g/mol. The van der Waals surface area contributed by atoms with Crippen LogP contribution in [0.25, 0.3) is 6.08 Å². The minimum atomic E-state index is -0.563. The van der Waals surface area contributed by atoms with E-state index in [0.717, 1.165) is 18.3 Å². The Hall–Kier alpha value is -2.08. The van der Waals surface area contributed by atoms with Gasteiger partial charge in [0.15, 0.2) is 6.29 Å². The van der Waals surface area contributed by atoms with Crippen molar-refractivity contribution in [3.63, 3.8) is 0 Å². The largest absolute Gasteiger partial charge is 0.399 e. The van der Waals surface area contributed by atoms with Gasteiger partial charge in [0.1, 0.15) is 5.83 Å². The Kier molecular flexibility index (Phi) is 10.9. The fourth-order valence-electron chi connectivity index (χ4n) is 2.65. The molecule has 7 heteroatoms. The van der Waals surface area contributed by atoms with Gasteiger partial charge in [-0.05, 0) is 50.2 Å². The summed E-state index contributed by atoms with van der Waals surface area (Å²) in [5, 5.41) is 0.280. The lowest BCUT2D eigenvalue weighted by molar-refractivity contribution is 0.112. The second kappa shape index (κ2) is 12.6. The number of nitrogen functional groups attached to an aromatic ring is 1. The second-order valence-electron chi connectivity index (χ2n) is 7.18. The van der Waals surface area contributed by atoms with Crippen molar-refractivity contribution in [1.82, 2.24) is 4.90 Å². The molecule has 1 unspecified atom stereocenters. The molecule has 164 valence electrons. The number of ether oxygens (including phenoxy) is 1.